The molecule has 6 nitrogen and oxygen atoms in total. The second-order valence-electron chi connectivity index (χ2n) is 4.34. The number of benzene rings is 1. The second kappa shape index (κ2) is 6.36. The highest BCUT2D eigenvalue weighted by molar-refractivity contribution is 7.80. The highest BCUT2D eigenvalue weighted by atomic mass is 32.1. The smallest absolute Gasteiger partial charge is 0.192 e. The maximum atomic E-state index is 5.54. The topological polar surface area (TPSA) is 58.4 Å². The number of rotatable bonds is 6. The van der Waals surface area contributed by atoms with Gasteiger partial charge in [-0.3, -0.25) is 0 Å². The van der Waals surface area contributed by atoms with Crippen LogP contribution in [0.4, 0.5) is 0 Å². The van der Waals surface area contributed by atoms with E-state index in [1.54, 1.807) is 14.2 Å². The number of fused-ring (bicyclic) bond motifs is 1. The first-order valence-corrected chi connectivity index (χ1v) is 8.31. The summed E-state index contributed by atoms with van der Waals surface area (Å²) in [6, 6.07) is 1.22. The monoisotopic (exact) mass is 313 g/mol. The normalized spacial score (nSPS) is 11.0. The first kappa shape index (κ1) is 15.0. The number of nitrogens with zero attached hydrogens (tertiary/aromatic N) is 3. The van der Waals surface area contributed by atoms with E-state index >= 15 is 0 Å². The summed E-state index contributed by atoms with van der Waals surface area (Å²) in [5, 5.41) is 8.07. The number of methoxy groups -OCH3 is 2. The van der Waals surface area contributed by atoms with E-state index in [0.717, 1.165) is 23.3 Å². The average molecular weight is 313 g/mol. The van der Waals surface area contributed by atoms with Gasteiger partial charge in [0.2, 0.25) is 0 Å². The molecule has 0 radical (unpaired) electrons. The molecule has 1 aromatic heterocycles. The molecule has 0 amide bonds. The number of aromatic nitrogens is 3. The van der Waals surface area contributed by atoms with Crippen molar-refractivity contribution in [3.05, 3.63) is 5.56 Å². The van der Waals surface area contributed by atoms with Crippen LogP contribution in [0.25, 0.3) is 11.0 Å². The molecule has 2 rings (SSSR count). The van der Waals surface area contributed by atoms with Crippen molar-refractivity contribution < 1.29 is 14.3 Å². The fourth-order valence-electron chi connectivity index (χ4n) is 2.24. The molecule has 1 aromatic carbocycles. The Morgan fingerprint density at radius 3 is 2.45 bits per heavy atom. The predicted molar refractivity (Wildman–Crippen MR) is 83.5 cm³/mol. The Kier molecular flexibility index (Phi) is 4.76. The van der Waals surface area contributed by atoms with Crippen LogP contribution in [-0.4, -0.2) is 46.7 Å². The number of hydrogen-bond acceptors (Lipinski definition) is 6. The van der Waals surface area contributed by atoms with Crippen molar-refractivity contribution in [2.45, 2.75) is 23.8 Å². The van der Waals surface area contributed by atoms with Gasteiger partial charge in [0, 0.05) is 20.7 Å². The van der Waals surface area contributed by atoms with Crippen molar-refractivity contribution in [1.82, 2.24) is 15.2 Å². The molecule has 0 aliphatic rings. The molecule has 0 unspecified atom stereocenters. The molecular formula is C12H19N3O3SSi. The molecule has 0 saturated carbocycles. The standard InChI is InChI=1S/C12H19N3O3SSi/c1-16-10-7(5-4-6-20)12(19)8-9(11(10)17-2)15(18-3)14-13-8/h19H,4-6H2,1-3,20H3. The predicted octanol–water partition coefficient (Wildman–Crippen LogP) is 0.512. The third kappa shape index (κ3) is 2.33. The van der Waals surface area contributed by atoms with Crippen LogP contribution in [0.15, 0.2) is 4.90 Å². The summed E-state index contributed by atoms with van der Waals surface area (Å²) in [6.07, 6.45) is 1.99. The van der Waals surface area contributed by atoms with E-state index in [4.69, 9.17) is 14.3 Å². The molecule has 2 aromatic rings. The molecule has 0 fully saturated rings. The van der Waals surface area contributed by atoms with E-state index in [1.807, 2.05) is 0 Å². The van der Waals surface area contributed by atoms with Gasteiger partial charge in [-0.1, -0.05) is 17.3 Å². The van der Waals surface area contributed by atoms with Gasteiger partial charge in [-0.05, 0) is 11.6 Å². The lowest BCUT2D eigenvalue weighted by atomic mass is 10.1. The zero-order valence-electron chi connectivity index (χ0n) is 12.1. The zero-order chi connectivity index (χ0) is 14.7. The Hall–Kier alpha value is -1.41. The molecule has 0 aliphatic carbocycles. The van der Waals surface area contributed by atoms with Crippen LogP contribution >= 0.6 is 12.6 Å². The summed E-state index contributed by atoms with van der Waals surface area (Å²) in [4.78, 5) is 7.25. The van der Waals surface area contributed by atoms with Crippen LogP contribution in [0.3, 0.4) is 0 Å². The van der Waals surface area contributed by atoms with Gasteiger partial charge >= 0.3 is 0 Å². The lowest BCUT2D eigenvalue weighted by molar-refractivity contribution is 0.138. The van der Waals surface area contributed by atoms with Crippen molar-refractivity contribution in [2.24, 2.45) is 0 Å². The van der Waals surface area contributed by atoms with Gasteiger partial charge in [0.25, 0.3) is 0 Å². The quantitative estimate of drug-likeness (QED) is 0.622. The van der Waals surface area contributed by atoms with Crippen LogP contribution in [0.1, 0.15) is 12.0 Å². The summed E-state index contributed by atoms with van der Waals surface area (Å²) in [5.41, 5.74) is 2.31. The first-order chi connectivity index (χ1) is 9.69. The SMILES string of the molecule is COc1c(CCC[SiH3])c(S)c2nnn(OC)c2c1OC. The van der Waals surface area contributed by atoms with E-state index in [0.29, 0.717) is 22.5 Å². The van der Waals surface area contributed by atoms with Crippen LogP contribution in [0.5, 0.6) is 11.5 Å². The van der Waals surface area contributed by atoms with Gasteiger partial charge in [-0.2, -0.15) is 0 Å². The van der Waals surface area contributed by atoms with Gasteiger partial charge < -0.3 is 14.3 Å². The van der Waals surface area contributed by atoms with Gasteiger partial charge in [0.1, 0.15) is 12.6 Å². The van der Waals surface area contributed by atoms with E-state index in [-0.39, 0.29) is 0 Å². The third-order valence-corrected chi connectivity index (χ3v) is 4.40. The Bertz CT molecular complexity index is 618. The zero-order valence-corrected chi connectivity index (χ0v) is 15.0. The van der Waals surface area contributed by atoms with E-state index in [1.165, 1.54) is 28.2 Å². The Morgan fingerprint density at radius 1 is 1.20 bits per heavy atom. The van der Waals surface area contributed by atoms with Gasteiger partial charge in [-0.15, -0.1) is 17.7 Å². The Morgan fingerprint density at radius 2 is 1.90 bits per heavy atom. The van der Waals surface area contributed by atoms with Crippen molar-refractivity contribution in [3.8, 4) is 11.5 Å². The van der Waals surface area contributed by atoms with Crippen LogP contribution < -0.4 is 14.3 Å². The summed E-state index contributed by atoms with van der Waals surface area (Å²) < 4.78 is 11.0. The molecule has 0 aliphatic heterocycles. The van der Waals surface area contributed by atoms with Crippen LogP contribution in [0.2, 0.25) is 6.04 Å². The highest BCUT2D eigenvalue weighted by Crippen LogP contribution is 2.42. The van der Waals surface area contributed by atoms with E-state index in [9.17, 15) is 0 Å². The molecule has 0 spiro atoms. The lowest BCUT2D eigenvalue weighted by Crippen LogP contribution is -2.09. The fourth-order valence-corrected chi connectivity index (χ4v) is 2.95. The minimum atomic E-state index is 0.579. The lowest BCUT2D eigenvalue weighted by Gasteiger charge is -2.16. The number of thiol groups is 1. The Labute approximate surface area is 126 Å². The highest BCUT2D eigenvalue weighted by Gasteiger charge is 2.24. The molecule has 20 heavy (non-hydrogen) atoms. The summed E-state index contributed by atoms with van der Waals surface area (Å²) in [6.45, 7) is 0. The molecule has 0 bridgehead atoms. The van der Waals surface area contributed by atoms with Gasteiger partial charge in [0.05, 0.1) is 14.2 Å². The largest absolute Gasteiger partial charge is 0.492 e. The molecule has 0 N–H and O–H groups in total. The van der Waals surface area contributed by atoms with Gasteiger partial charge in [0.15, 0.2) is 17.0 Å². The molecule has 0 saturated heterocycles. The van der Waals surface area contributed by atoms with E-state index in [2.05, 4.69) is 22.9 Å². The van der Waals surface area contributed by atoms with Crippen molar-refractivity contribution in [2.75, 3.05) is 21.3 Å². The third-order valence-electron chi connectivity index (χ3n) is 3.21. The minimum absolute atomic E-state index is 0.579. The fraction of sp³-hybridized carbons (Fsp3) is 0.500. The minimum Gasteiger partial charge on any atom is -0.492 e. The average Bonchev–Trinajstić information content (AvgIpc) is 2.90. The number of ether oxygens (including phenoxy) is 2. The maximum absolute atomic E-state index is 5.54. The second-order valence-corrected chi connectivity index (χ2v) is 5.79. The van der Waals surface area contributed by atoms with Crippen LogP contribution in [-0.2, 0) is 6.42 Å². The maximum Gasteiger partial charge on any atom is 0.192 e. The first-order valence-electron chi connectivity index (χ1n) is 6.45. The number of hydrogen-bond donors (Lipinski definition) is 1. The summed E-state index contributed by atoms with van der Waals surface area (Å²) in [7, 11) is 5.93. The molecule has 1 heterocycles. The molecule has 8 heteroatoms. The van der Waals surface area contributed by atoms with Crippen molar-refractivity contribution >= 4 is 33.9 Å². The van der Waals surface area contributed by atoms with Crippen LogP contribution in [0, 0.1) is 0 Å². The Balaban J connectivity index is 2.76. The van der Waals surface area contributed by atoms with Crippen molar-refractivity contribution in [3.63, 3.8) is 0 Å². The summed E-state index contributed by atoms with van der Waals surface area (Å²) >= 11 is 4.60. The summed E-state index contributed by atoms with van der Waals surface area (Å²) in [5.74, 6) is 1.26. The molecule has 0 atom stereocenters. The molecule has 110 valence electrons. The molecular weight excluding hydrogens is 294 g/mol. The van der Waals surface area contributed by atoms with Gasteiger partial charge in [-0.25, -0.2) is 0 Å². The van der Waals surface area contributed by atoms with E-state index < -0.39 is 0 Å². The van der Waals surface area contributed by atoms with Crippen molar-refractivity contribution in [1.29, 1.82) is 0 Å².